The maximum atomic E-state index is 5.63. The van der Waals surface area contributed by atoms with Gasteiger partial charge in [-0.2, -0.15) is 0 Å². The molecule has 0 aliphatic rings. The Kier molecular flexibility index (Phi) is 3.33. The molecule has 0 bridgehead atoms. The quantitative estimate of drug-likeness (QED) is 0.813. The number of hydrogen-bond donors (Lipinski definition) is 0. The van der Waals surface area contributed by atoms with Crippen LogP contribution in [0.5, 0.6) is 0 Å². The molecule has 0 atom stereocenters. The average Bonchev–Trinajstić information content (AvgIpc) is 2.69. The molecule has 0 aliphatic heterocycles. The molecule has 15 heavy (non-hydrogen) atoms. The summed E-state index contributed by atoms with van der Waals surface area (Å²) < 4.78 is 2.68. The number of aromatic nitrogens is 4. The second kappa shape index (κ2) is 4.72. The normalized spacial score (nSPS) is 10.5. The molecule has 0 amide bonds. The molecule has 2 rings (SSSR count). The third kappa shape index (κ3) is 2.76. The van der Waals surface area contributed by atoms with Crippen LogP contribution in [0.4, 0.5) is 0 Å². The Morgan fingerprint density at radius 1 is 1.33 bits per heavy atom. The fraction of sp³-hybridized carbons (Fsp3) is 0.222. The van der Waals surface area contributed by atoms with E-state index < -0.39 is 0 Å². The maximum Gasteiger partial charge on any atom is 0.0974 e. The van der Waals surface area contributed by atoms with E-state index >= 15 is 0 Å². The molecule has 0 N–H and O–H groups in total. The van der Waals surface area contributed by atoms with E-state index in [1.54, 1.807) is 10.9 Å². The van der Waals surface area contributed by atoms with E-state index in [9.17, 15) is 0 Å². The Bertz CT molecular complexity index is 440. The van der Waals surface area contributed by atoms with Gasteiger partial charge in [-0.15, -0.1) is 16.7 Å². The molecule has 0 aliphatic carbocycles. The molecule has 4 nitrogen and oxygen atoms in total. The van der Waals surface area contributed by atoms with Crippen molar-refractivity contribution >= 4 is 27.5 Å². The molecular formula is C9H8BrClN4. The number of alkyl halides is 1. The van der Waals surface area contributed by atoms with Crippen LogP contribution < -0.4 is 0 Å². The van der Waals surface area contributed by atoms with Gasteiger partial charge in [0.05, 0.1) is 30.0 Å². The smallest absolute Gasteiger partial charge is 0.0974 e. The molecule has 0 fully saturated rings. The third-order valence-electron chi connectivity index (χ3n) is 1.84. The Hall–Kier alpha value is -0.940. The van der Waals surface area contributed by atoms with Crippen molar-refractivity contribution in [3.05, 3.63) is 40.4 Å². The number of rotatable bonds is 3. The summed E-state index contributed by atoms with van der Waals surface area (Å²) in [5, 5.41) is 7.83. The Morgan fingerprint density at radius 2 is 2.20 bits per heavy atom. The summed E-state index contributed by atoms with van der Waals surface area (Å²) in [4.78, 5) is 4.24. The summed E-state index contributed by atoms with van der Waals surface area (Å²) in [6.07, 6.45) is 3.57. The summed E-state index contributed by atoms with van der Waals surface area (Å²) >= 11 is 8.96. The molecule has 78 valence electrons. The zero-order valence-electron chi connectivity index (χ0n) is 7.77. The third-order valence-corrected chi connectivity index (χ3v) is 2.58. The SMILES string of the molecule is ClCc1cn(Cc2ccc(Br)cn2)nn1. The molecule has 0 saturated carbocycles. The van der Waals surface area contributed by atoms with Crippen molar-refractivity contribution in [1.29, 1.82) is 0 Å². The summed E-state index contributed by atoms with van der Waals surface area (Å²) in [5.41, 5.74) is 1.71. The van der Waals surface area contributed by atoms with Crippen LogP contribution in [0, 0.1) is 0 Å². The van der Waals surface area contributed by atoms with Crippen molar-refractivity contribution in [2.45, 2.75) is 12.4 Å². The van der Waals surface area contributed by atoms with Gasteiger partial charge in [-0.25, -0.2) is 4.68 Å². The lowest BCUT2D eigenvalue weighted by Gasteiger charge is -1.99. The highest BCUT2D eigenvalue weighted by Crippen LogP contribution is 2.08. The van der Waals surface area contributed by atoms with Crippen LogP contribution in [-0.4, -0.2) is 20.0 Å². The lowest BCUT2D eigenvalue weighted by molar-refractivity contribution is 0.638. The standard InChI is InChI=1S/C9H8BrClN4/c10-7-1-2-8(12-4-7)5-15-6-9(3-11)13-14-15/h1-2,4,6H,3,5H2. The van der Waals surface area contributed by atoms with Crippen molar-refractivity contribution in [1.82, 2.24) is 20.0 Å². The largest absolute Gasteiger partial charge is 0.258 e. The highest BCUT2D eigenvalue weighted by Gasteiger charge is 2.00. The van der Waals surface area contributed by atoms with Crippen molar-refractivity contribution in [3.63, 3.8) is 0 Å². The topological polar surface area (TPSA) is 43.6 Å². The van der Waals surface area contributed by atoms with Gasteiger partial charge in [0.15, 0.2) is 0 Å². The zero-order valence-corrected chi connectivity index (χ0v) is 10.1. The van der Waals surface area contributed by atoms with E-state index in [1.807, 2.05) is 18.3 Å². The van der Waals surface area contributed by atoms with E-state index in [1.165, 1.54) is 0 Å². The van der Waals surface area contributed by atoms with Crippen molar-refractivity contribution in [2.75, 3.05) is 0 Å². The van der Waals surface area contributed by atoms with Gasteiger partial charge in [-0.1, -0.05) is 5.21 Å². The predicted molar refractivity (Wildman–Crippen MR) is 60.6 cm³/mol. The van der Waals surface area contributed by atoms with E-state index in [4.69, 9.17) is 11.6 Å². The molecule has 0 saturated heterocycles. The molecule has 2 aromatic rings. The zero-order chi connectivity index (χ0) is 10.7. The summed E-state index contributed by atoms with van der Waals surface area (Å²) in [6.45, 7) is 0.608. The molecule has 6 heteroatoms. The van der Waals surface area contributed by atoms with Crippen LogP contribution in [0.1, 0.15) is 11.4 Å². The second-order valence-corrected chi connectivity index (χ2v) is 4.19. The van der Waals surface area contributed by atoms with E-state index in [-0.39, 0.29) is 0 Å². The second-order valence-electron chi connectivity index (χ2n) is 3.01. The van der Waals surface area contributed by atoms with E-state index in [0.717, 1.165) is 15.9 Å². The van der Waals surface area contributed by atoms with Gasteiger partial charge in [0.2, 0.25) is 0 Å². The minimum absolute atomic E-state index is 0.383. The molecule has 2 aromatic heterocycles. The van der Waals surface area contributed by atoms with Gasteiger partial charge in [0.1, 0.15) is 0 Å². The van der Waals surface area contributed by atoms with Gasteiger partial charge in [-0.05, 0) is 28.1 Å². The summed E-state index contributed by atoms with van der Waals surface area (Å²) in [7, 11) is 0. The Balaban J connectivity index is 2.11. The molecule has 2 heterocycles. The number of pyridine rings is 1. The number of nitrogens with zero attached hydrogens (tertiary/aromatic N) is 4. The van der Waals surface area contributed by atoms with Gasteiger partial charge in [0, 0.05) is 10.7 Å². The van der Waals surface area contributed by atoms with Crippen LogP contribution in [0.25, 0.3) is 0 Å². The highest BCUT2D eigenvalue weighted by molar-refractivity contribution is 9.10. The summed E-state index contributed by atoms with van der Waals surface area (Å²) in [5.74, 6) is 0.383. The lowest BCUT2D eigenvalue weighted by Crippen LogP contribution is -2.02. The first-order valence-electron chi connectivity index (χ1n) is 4.33. The van der Waals surface area contributed by atoms with Gasteiger partial charge >= 0.3 is 0 Å². The monoisotopic (exact) mass is 286 g/mol. The maximum absolute atomic E-state index is 5.63. The summed E-state index contributed by atoms with van der Waals surface area (Å²) in [6, 6.07) is 3.88. The number of hydrogen-bond acceptors (Lipinski definition) is 3. The highest BCUT2D eigenvalue weighted by atomic mass is 79.9. The molecule has 0 aromatic carbocycles. The van der Waals surface area contributed by atoms with E-state index in [2.05, 4.69) is 31.2 Å². The Labute approximate surface area is 100 Å². The van der Waals surface area contributed by atoms with Crippen molar-refractivity contribution in [2.24, 2.45) is 0 Å². The predicted octanol–water partition coefficient (Wildman–Crippen LogP) is 2.22. The molecular weight excluding hydrogens is 279 g/mol. The number of halogens is 2. The van der Waals surface area contributed by atoms with Gasteiger partial charge in [-0.3, -0.25) is 4.98 Å². The first kappa shape index (κ1) is 10.6. The first-order valence-corrected chi connectivity index (χ1v) is 5.66. The van der Waals surface area contributed by atoms with E-state index in [0.29, 0.717) is 12.4 Å². The van der Waals surface area contributed by atoms with Crippen LogP contribution in [0.2, 0.25) is 0 Å². The minimum Gasteiger partial charge on any atom is -0.258 e. The van der Waals surface area contributed by atoms with Crippen LogP contribution in [0.3, 0.4) is 0 Å². The fourth-order valence-electron chi connectivity index (χ4n) is 1.14. The van der Waals surface area contributed by atoms with Crippen LogP contribution in [-0.2, 0) is 12.4 Å². The average molecular weight is 288 g/mol. The fourth-order valence-corrected chi connectivity index (χ4v) is 1.50. The van der Waals surface area contributed by atoms with Crippen molar-refractivity contribution < 1.29 is 0 Å². The van der Waals surface area contributed by atoms with Gasteiger partial charge < -0.3 is 0 Å². The Morgan fingerprint density at radius 3 is 2.80 bits per heavy atom. The van der Waals surface area contributed by atoms with Gasteiger partial charge in [0.25, 0.3) is 0 Å². The van der Waals surface area contributed by atoms with Crippen molar-refractivity contribution in [3.8, 4) is 0 Å². The molecule has 0 radical (unpaired) electrons. The lowest BCUT2D eigenvalue weighted by atomic mass is 10.3. The van der Waals surface area contributed by atoms with Crippen LogP contribution in [0.15, 0.2) is 29.0 Å². The van der Waals surface area contributed by atoms with Crippen LogP contribution >= 0.6 is 27.5 Å². The molecule has 0 unspecified atom stereocenters. The first-order chi connectivity index (χ1) is 7.28. The molecule has 0 spiro atoms. The minimum atomic E-state index is 0.383.